The number of rotatable bonds is 3. The molecular weight excluding hydrogens is 276 g/mol. The predicted octanol–water partition coefficient (Wildman–Crippen LogP) is 4.28. The number of benzene rings is 2. The lowest BCUT2D eigenvalue weighted by Crippen LogP contribution is -1.97. The van der Waals surface area contributed by atoms with Crippen LogP contribution in [0.2, 0.25) is 0 Å². The van der Waals surface area contributed by atoms with Crippen LogP contribution < -0.4 is 10.4 Å². The lowest BCUT2D eigenvalue weighted by molar-refractivity contribution is 0.415. The number of aryl methyl sites for hydroxylation is 1. The van der Waals surface area contributed by atoms with Gasteiger partial charge in [-0.2, -0.15) is 0 Å². The Kier molecular flexibility index (Phi) is 3.79. The van der Waals surface area contributed by atoms with Crippen molar-refractivity contribution in [1.29, 1.82) is 0 Å². The molecule has 22 heavy (non-hydrogen) atoms. The Morgan fingerprint density at radius 3 is 2.50 bits per heavy atom. The summed E-state index contributed by atoms with van der Waals surface area (Å²) in [4.78, 5) is 11.7. The Hall–Kier alpha value is -2.81. The maximum absolute atomic E-state index is 11.7. The van der Waals surface area contributed by atoms with Gasteiger partial charge in [0.05, 0.1) is 7.11 Å². The van der Waals surface area contributed by atoms with Gasteiger partial charge in [-0.1, -0.05) is 35.9 Å². The molecule has 0 radical (unpaired) electrons. The van der Waals surface area contributed by atoms with Crippen molar-refractivity contribution in [2.45, 2.75) is 6.92 Å². The summed E-state index contributed by atoms with van der Waals surface area (Å²) < 4.78 is 10.4. The van der Waals surface area contributed by atoms with Crippen LogP contribution in [-0.4, -0.2) is 7.11 Å². The smallest absolute Gasteiger partial charge is 0.336 e. The molecule has 3 aromatic rings. The maximum atomic E-state index is 11.7. The Labute approximate surface area is 128 Å². The Morgan fingerprint density at radius 1 is 1.00 bits per heavy atom. The maximum Gasteiger partial charge on any atom is 0.336 e. The summed E-state index contributed by atoms with van der Waals surface area (Å²) in [5.41, 5.74) is 3.28. The molecule has 0 amide bonds. The van der Waals surface area contributed by atoms with E-state index in [0.29, 0.717) is 5.58 Å². The monoisotopic (exact) mass is 292 g/mol. The van der Waals surface area contributed by atoms with Crippen LogP contribution in [-0.2, 0) is 0 Å². The van der Waals surface area contributed by atoms with Crippen LogP contribution in [0.1, 0.15) is 16.7 Å². The van der Waals surface area contributed by atoms with Gasteiger partial charge in [0.1, 0.15) is 11.3 Å². The molecule has 0 aliphatic carbocycles. The minimum absolute atomic E-state index is 0.342. The van der Waals surface area contributed by atoms with Gasteiger partial charge in [0.2, 0.25) is 0 Å². The highest BCUT2D eigenvalue weighted by molar-refractivity contribution is 5.89. The summed E-state index contributed by atoms with van der Waals surface area (Å²) in [5, 5.41) is 0.935. The summed E-state index contributed by atoms with van der Waals surface area (Å²) in [6, 6.07) is 15.0. The molecule has 3 nitrogen and oxygen atoms in total. The van der Waals surface area contributed by atoms with Crippen molar-refractivity contribution in [3.05, 3.63) is 75.6 Å². The van der Waals surface area contributed by atoms with E-state index in [4.69, 9.17) is 9.15 Å². The van der Waals surface area contributed by atoms with E-state index >= 15 is 0 Å². The standard InChI is InChI=1S/C19H16O3/c1-13-3-10-18-17(11-13)15(12-19(20)22-18)7-4-14-5-8-16(21-2)9-6-14/h3-12H,1-2H3/b7-4+. The first-order valence-corrected chi connectivity index (χ1v) is 7.02. The van der Waals surface area contributed by atoms with Crippen molar-refractivity contribution < 1.29 is 9.15 Å². The van der Waals surface area contributed by atoms with Crippen molar-refractivity contribution in [2.75, 3.05) is 7.11 Å². The van der Waals surface area contributed by atoms with Gasteiger partial charge < -0.3 is 9.15 Å². The summed E-state index contributed by atoms with van der Waals surface area (Å²) in [6.45, 7) is 2.02. The molecule has 0 aliphatic rings. The Morgan fingerprint density at radius 2 is 1.77 bits per heavy atom. The summed E-state index contributed by atoms with van der Waals surface area (Å²) in [6.07, 6.45) is 3.90. The lowest BCUT2D eigenvalue weighted by Gasteiger charge is -2.03. The number of hydrogen-bond acceptors (Lipinski definition) is 3. The molecule has 110 valence electrons. The molecule has 0 N–H and O–H groups in total. The topological polar surface area (TPSA) is 39.4 Å². The van der Waals surface area contributed by atoms with Crippen molar-refractivity contribution in [1.82, 2.24) is 0 Å². The van der Waals surface area contributed by atoms with Crippen molar-refractivity contribution in [3.8, 4) is 5.75 Å². The van der Waals surface area contributed by atoms with E-state index in [1.807, 2.05) is 61.5 Å². The van der Waals surface area contributed by atoms with Crippen LogP contribution in [0.25, 0.3) is 23.1 Å². The SMILES string of the molecule is COc1ccc(/C=C/c2cc(=O)oc3ccc(C)cc23)cc1. The van der Waals surface area contributed by atoms with Crippen LogP contribution in [0, 0.1) is 6.92 Å². The molecule has 0 saturated carbocycles. The fraction of sp³-hybridized carbons (Fsp3) is 0.105. The van der Waals surface area contributed by atoms with Gasteiger partial charge in [0.15, 0.2) is 0 Å². The predicted molar refractivity (Wildman–Crippen MR) is 89.1 cm³/mol. The third-order valence-electron chi connectivity index (χ3n) is 3.50. The fourth-order valence-corrected chi connectivity index (χ4v) is 2.34. The van der Waals surface area contributed by atoms with Gasteiger partial charge in [-0.3, -0.25) is 0 Å². The van der Waals surface area contributed by atoms with E-state index in [-0.39, 0.29) is 5.63 Å². The largest absolute Gasteiger partial charge is 0.497 e. The van der Waals surface area contributed by atoms with E-state index in [1.165, 1.54) is 6.07 Å². The zero-order chi connectivity index (χ0) is 15.5. The normalized spacial score (nSPS) is 11.2. The van der Waals surface area contributed by atoms with Gasteiger partial charge >= 0.3 is 5.63 Å². The van der Waals surface area contributed by atoms with Gasteiger partial charge in [0.25, 0.3) is 0 Å². The molecule has 1 aromatic heterocycles. The van der Waals surface area contributed by atoms with Crippen molar-refractivity contribution in [3.63, 3.8) is 0 Å². The zero-order valence-electron chi connectivity index (χ0n) is 12.5. The van der Waals surface area contributed by atoms with Gasteiger partial charge in [-0.25, -0.2) is 4.79 Å². The van der Waals surface area contributed by atoms with Gasteiger partial charge in [-0.05, 0) is 42.3 Å². The second-order valence-corrected chi connectivity index (χ2v) is 5.13. The molecule has 0 aliphatic heterocycles. The molecular formula is C19H16O3. The van der Waals surface area contributed by atoms with Gasteiger partial charge in [0, 0.05) is 11.5 Å². The third kappa shape index (κ3) is 2.93. The van der Waals surface area contributed by atoms with Crippen LogP contribution in [0.4, 0.5) is 0 Å². The molecule has 0 bridgehead atoms. The quantitative estimate of drug-likeness (QED) is 0.676. The highest BCUT2D eigenvalue weighted by Crippen LogP contribution is 2.21. The molecule has 0 unspecified atom stereocenters. The first-order chi connectivity index (χ1) is 10.7. The highest BCUT2D eigenvalue weighted by Gasteiger charge is 2.03. The van der Waals surface area contributed by atoms with Crippen molar-refractivity contribution >= 4 is 23.1 Å². The van der Waals surface area contributed by atoms with Crippen LogP contribution in [0.15, 0.2) is 57.7 Å². The number of fused-ring (bicyclic) bond motifs is 1. The van der Waals surface area contributed by atoms with Crippen LogP contribution >= 0.6 is 0 Å². The minimum Gasteiger partial charge on any atom is -0.497 e. The third-order valence-corrected chi connectivity index (χ3v) is 3.50. The van der Waals surface area contributed by atoms with E-state index < -0.39 is 0 Å². The summed E-state index contributed by atoms with van der Waals surface area (Å²) in [7, 11) is 1.64. The second kappa shape index (κ2) is 5.90. The van der Waals surface area contributed by atoms with E-state index in [9.17, 15) is 4.79 Å². The molecule has 0 saturated heterocycles. The highest BCUT2D eigenvalue weighted by atomic mass is 16.5. The lowest BCUT2D eigenvalue weighted by atomic mass is 10.1. The molecule has 2 aromatic carbocycles. The molecule has 0 fully saturated rings. The molecule has 0 atom stereocenters. The summed E-state index contributed by atoms with van der Waals surface area (Å²) in [5.74, 6) is 0.818. The molecule has 3 heteroatoms. The number of ether oxygens (including phenoxy) is 1. The number of methoxy groups -OCH3 is 1. The Balaban J connectivity index is 2.03. The minimum atomic E-state index is -0.342. The van der Waals surface area contributed by atoms with E-state index in [0.717, 1.165) is 27.8 Å². The average molecular weight is 292 g/mol. The molecule has 1 heterocycles. The summed E-state index contributed by atoms with van der Waals surface area (Å²) >= 11 is 0. The van der Waals surface area contributed by atoms with E-state index in [2.05, 4.69) is 0 Å². The average Bonchev–Trinajstić information content (AvgIpc) is 2.53. The zero-order valence-corrected chi connectivity index (χ0v) is 12.5. The first-order valence-electron chi connectivity index (χ1n) is 7.02. The Bertz CT molecular complexity index is 887. The van der Waals surface area contributed by atoms with E-state index in [1.54, 1.807) is 7.11 Å². The van der Waals surface area contributed by atoms with Crippen LogP contribution in [0.5, 0.6) is 5.75 Å². The van der Waals surface area contributed by atoms with Gasteiger partial charge in [-0.15, -0.1) is 0 Å². The number of hydrogen-bond donors (Lipinski definition) is 0. The molecule has 0 spiro atoms. The molecule has 3 rings (SSSR count). The van der Waals surface area contributed by atoms with Crippen molar-refractivity contribution in [2.24, 2.45) is 0 Å². The first kappa shape index (κ1) is 14.1. The van der Waals surface area contributed by atoms with Crippen LogP contribution in [0.3, 0.4) is 0 Å². The second-order valence-electron chi connectivity index (χ2n) is 5.13. The fourth-order valence-electron chi connectivity index (χ4n) is 2.34.